The van der Waals surface area contributed by atoms with Crippen LogP contribution in [0.15, 0.2) is 30.3 Å². The van der Waals surface area contributed by atoms with E-state index in [1.54, 1.807) is 0 Å². The second kappa shape index (κ2) is 7.45. The SMILES string of the molecule is O=C(OCCN1CCCC1)C(c1ccccc1)C1(O)CCCC1. The second-order valence-corrected chi connectivity index (χ2v) is 6.87. The van der Waals surface area contributed by atoms with Crippen LogP contribution in [0.2, 0.25) is 0 Å². The zero-order chi connectivity index (χ0) is 16.1. The van der Waals surface area contributed by atoms with Crippen LogP contribution >= 0.6 is 0 Å². The molecule has 126 valence electrons. The van der Waals surface area contributed by atoms with Gasteiger partial charge in [-0.25, -0.2) is 0 Å². The van der Waals surface area contributed by atoms with Crippen LogP contribution in [0.4, 0.5) is 0 Å². The van der Waals surface area contributed by atoms with E-state index in [1.165, 1.54) is 12.8 Å². The Morgan fingerprint density at radius 3 is 2.43 bits per heavy atom. The molecule has 1 aliphatic heterocycles. The Labute approximate surface area is 138 Å². The van der Waals surface area contributed by atoms with Gasteiger partial charge in [-0.1, -0.05) is 43.2 Å². The highest BCUT2D eigenvalue weighted by atomic mass is 16.5. The van der Waals surface area contributed by atoms with E-state index in [1.807, 2.05) is 30.3 Å². The molecule has 1 aromatic rings. The lowest BCUT2D eigenvalue weighted by atomic mass is 9.81. The van der Waals surface area contributed by atoms with Crippen LogP contribution in [0.5, 0.6) is 0 Å². The first kappa shape index (κ1) is 16.5. The summed E-state index contributed by atoms with van der Waals surface area (Å²) < 4.78 is 5.56. The van der Waals surface area contributed by atoms with Crippen molar-refractivity contribution in [3.05, 3.63) is 35.9 Å². The molecular weight excluding hydrogens is 290 g/mol. The van der Waals surface area contributed by atoms with Crippen molar-refractivity contribution in [2.75, 3.05) is 26.2 Å². The molecule has 1 N–H and O–H groups in total. The molecule has 1 saturated carbocycles. The second-order valence-electron chi connectivity index (χ2n) is 6.87. The summed E-state index contributed by atoms with van der Waals surface area (Å²) in [6.45, 7) is 3.41. The van der Waals surface area contributed by atoms with E-state index in [9.17, 15) is 9.90 Å². The average Bonchev–Trinajstić information content (AvgIpc) is 3.21. The van der Waals surface area contributed by atoms with Gasteiger partial charge in [0.15, 0.2) is 0 Å². The van der Waals surface area contributed by atoms with E-state index in [0.29, 0.717) is 19.4 Å². The monoisotopic (exact) mass is 317 g/mol. The summed E-state index contributed by atoms with van der Waals surface area (Å²) >= 11 is 0. The third-order valence-electron chi connectivity index (χ3n) is 5.23. The Morgan fingerprint density at radius 1 is 1.13 bits per heavy atom. The summed E-state index contributed by atoms with van der Waals surface area (Å²) in [6, 6.07) is 9.60. The van der Waals surface area contributed by atoms with Gasteiger partial charge >= 0.3 is 5.97 Å². The molecule has 1 unspecified atom stereocenters. The van der Waals surface area contributed by atoms with Crippen molar-refractivity contribution in [2.24, 2.45) is 0 Å². The maximum atomic E-state index is 12.7. The molecule has 3 rings (SSSR count). The van der Waals surface area contributed by atoms with Crippen LogP contribution in [0.3, 0.4) is 0 Å². The largest absolute Gasteiger partial charge is 0.464 e. The predicted molar refractivity (Wildman–Crippen MR) is 89.2 cm³/mol. The smallest absolute Gasteiger partial charge is 0.316 e. The Bertz CT molecular complexity index is 505. The molecule has 1 atom stereocenters. The molecule has 4 heteroatoms. The molecule has 2 fully saturated rings. The maximum Gasteiger partial charge on any atom is 0.316 e. The molecular formula is C19H27NO3. The summed E-state index contributed by atoms with van der Waals surface area (Å²) in [5.74, 6) is -0.843. The van der Waals surface area contributed by atoms with Gasteiger partial charge in [0.2, 0.25) is 0 Å². The van der Waals surface area contributed by atoms with Crippen molar-refractivity contribution in [3.63, 3.8) is 0 Å². The van der Waals surface area contributed by atoms with Gasteiger partial charge in [-0.3, -0.25) is 9.69 Å². The van der Waals surface area contributed by atoms with E-state index in [0.717, 1.165) is 38.0 Å². The van der Waals surface area contributed by atoms with Crippen LogP contribution in [0.1, 0.15) is 50.0 Å². The van der Waals surface area contributed by atoms with Gasteiger partial charge in [-0.2, -0.15) is 0 Å². The number of hydrogen-bond donors (Lipinski definition) is 1. The van der Waals surface area contributed by atoms with Gasteiger partial charge < -0.3 is 9.84 Å². The maximum absolute atomic E-state index is 12.7. The minimum absolute atomic E-state index is 0.278. The van der Waals surface area contributed by atoms with Crippen LogP contribution in [0.25, 0.3) is 0 Å². The highest BCUT2D eigenvalue weighted by Crippen LogP contribution is 2.42. The van der Waals surface area contributed by atoms with E-state index >= 15 is 0 Å². The molecule has 0 bridgehead atoms. The number of nitrogens with zero attached hydrogens (tertiary/aromatic N) is 1. The fourth-order valence-corrected chi connectivity index (χ4v) is 3.95. The van der Waals surface area contributed by atoms with Crippen molar-refractivity contribution < 1.29 is 14.6 Å². The molecule has 0 spiro atoms. The summed E-state index contributed by atoms with van der Waals surface area (Å²) in [4.78, 5) is 15.0. The summed E-state index contributed by atoms with van der Waals surface area (Å²) in [6.07, 6.45) is 5.77. The standard InChI is InChI=1S/C19H27NO3/c21-18(23-15-14-20-12-6-7-13-20)17(16-8-2-1-3-9-16)19(22)10-4-5-11-19/h1-3,8-9,17,22H,4-7,10-15H2. The molecule has 4 nitrogen and oxygen atoms in total. The fourth-order valence-electron chi connectivity index (χ4n) is 3.95. The Kier molecular flexibility index (Phi) is 5.34. The zero-order valence-electron chi connectivity index (χ0n) is 13.7. The number of likely N-dealkylation sites (tertiary alicyclic amines) is 1. The Balaban J connectivity index is 1.66. The number of carbonyl (C=O) groups excluding carboxylic acids is 1. The average molecular weight is 317 g/mol. The molecule has 2 aliphatic rings. The lowest BCUT2D eigenvalue weighted by Gasteiger charge is -2.31. The van der Waals surface area contributed by atoms with Gasteiger partial charge in [-0.15, -0.1) is 0 Å². The number of ether oxygens (including phenoxy) is 1. The third kappa shape index (κ3) is 3.93. The van der Waals surface area contributed by atoms with Crippen molar-refractivity contribution in [3.8, 4) is 0 Å². The van der Waals surface area contributed by atoms with E-state index in [-0.39, 0.29) is 5.97 Å². The first-order valence-electron chi connectivity index (χ1n) is 8.85. The fraction of sp³-hybridized carbons (Fsp3) is 0.632. The molecule has 1 aromatic carbocycles. The quantitative estimate of drug-likeness (QED) is 0.820. The highest BCUT2D eigenvalue weighted by molar-refractivity contribution is 5.80. The lowest BCUT2D eigenvalue weighted by Crippen LogP contribution is -2.39. The molecule has 0 amide bonds. The highest BCUT2D eigenvalue weighted by Gasteiger charge is 2.45. The number of benzene rings is 1. The van der Waals surface area contributed by atoms with Crippen LogP contribution < -0.4 is 0 Å². The minimum atomic E-state index is -0.952. The van der Waals surface area contributed by atoms with Gasteiger partial charge in [0.05, 0.1) is 5.60 Å². The molecule has 23 heavy (non-hydrogen) atoms. The number of rotatable bonds is 6. The Hall–Kier alpha value is -1.39. The van der Waals surface area contributed by atoms with Gasteiger partial charge in [0.1, 0.15) is 12.5 Å². The van der Waals surface area contributed by atoms with Crippen LogP contribution in [0, 0.1) is 0 Å². The van der Waals surface area contributed by atoms with Crippen LogP contribution in [-0.4, -0.2) is 47.8 Å². The first-order chi connectivity index (χ1) is 11.2. The first-order valence-corrected chi connectivity index (χ1v) is 8.85. The summed E-state index contributed by atoms with van der Waals surface area (Å²) in [7, 11) is 0. The zero-order valence-corrected chi connectivity index (χ0v) is 13.7. The lowest BCUT2D eigenvalue weighted by molar-refractivity contribution is -0.153. The third-order valence-corrected chi connectivity index (χ3v) is 5.23. The molecule has 1 saturated heterocycles. The molecule has 0 aromatic heterocycles. The number of esters is 1. The van der Waals surface area contributed by atoms with Gasteiger partial charge in [0.25, 0.3) is 0 Å². The van der Waals surface area contributed by atoms with E-state index in [4.69, 9.17) is 4.74 Å². The summed E-state index contributed by atoms with van der Waals surface area (Å²) in [5, 5.41) is 11.0. The van der Waals surface area contributed by atoms with E-state index in [2.05, 4.69) is 4.90 Å². The molecule has 1 heterocycles. The minimum Gasteiger partial charge on any atom is -0.464 e. The van der Waals surface area contributed by atoms with Crippen molar-refractivity contribution in [1.29, 1.82) is 0 Å². The number of hydrogen-bond acceptors (Lipinski definition) is 4. The van der Waals surface area contributed by atoms with Crippen LogP contribution in [-0.2, 0) is 9.53 Å². The summed E-state index contributed by atoms with van der Waals surface area (Å²) in [5.41, 5.74) is -0.0883. The topological polar surface area (TPSA) is 49.8 Å². The number of aliphatic hydroxyl groups is 1. The normalized spacial score (nSPS) is 22.1. The molecule has 0 radical (unpaired) electrons. The van der Waals surface area contributed by atoms with Crippen molar-refractivity contribution in [2.45, 2.75) is 50.0 Å². The molecule has 1 aliphatic carbocycles. The van der Waals surface area contributed by atoms with Gasteiger partial charge in [0, 0.05) is 6.54 Å². The van der Waals surface area contributed by atoms with Crippen molar-refractivity contribution >= 4 is 5.97 Å². The number of carbonyl (C=O) groups is 1. The van der Waals surface area contributed by atoms with Crippen molar-refractivity contribution in [1.82, 2.24) is 4.90 Å². The van der Waals surface area contributed by atoms with E-state index < -0.39 is 11.5 Å². The Morgan fingerprint density at radius 2 is 1.78 bits per heavy atom. The predicted octanol–water partition coefficient (Wildman–Crippen LogP) is 2.71. The van der Waals surface area contributed by atoms with Gasteiger partial charge in [-0.05, 0) is 44.3 Å².